The lowest BCUT2D eigenvalue weighted by Crippen LogP contribution is -2.31. The maximum Gasteiger partial charge on any atom is 0.251 e. The minimum Gasteiger partial charge on any atom is -0.493 e. The van der Waals surface area contributed by atoms with Gasteiger partial charge in [0.25, 0.3) is 5.91 Å². The summed E-state index contributed by atoms with van der Waals surface area (Å²) in [6.45, 7) is 3.37. The van der Waals surface area contributed by atoms with Crippen molar-refractivity contribution in [2.24, 2.45) is 10.7 Å². The number of halogens is 1. The number of benzene rings is 2. The third kappa shape index (κ3) is 6.91. The number of hydrogen-bond acceptors (Lipinski definition) is 4. The predicted octanol–water partition coefficient (Wildman–Crippen LogP) is 2.68. The highest BCUT2D eigenvalue weighted by Gasteiger charge is 2.06. The summed E-state index contributed by atoms with van der Waals surface area (Å²) in [5, 5.41) is 5.85. The highest BCUT2D eigenvalue weighted by atomic mass is 127. The molecule has 0 radical (unpaired) electrons. The number of guanidine groups is 1. The molecule has 8 heteroatoms. The Kier molecular flexibility index (Phi) is 10.1. The van der Waals surface area contributed by atoms with Gasteiger partial charge in [0.2, 0.25) is 0 Å². The lowest BCUT2D eigenvalue weighted by Gasteiger charge is -2.10. The van der Waals surface area contributed by atoms with Crippen molar-refractivity contribution in [1.29, 1.82) is 0 Å². The molecule has 152 valence electrons. The van der Waals surface area contributed by atoms with Crippen molar-refractivity contribution in [3.63, 3.8) is 0 Å². The van der Waals surface area contributed by atoms with E-state index < -0.39 is 0 Å². The molecule has 1 amide bonds. The number of hydrogen-bond donors (Lipinski definition) is 3. The summed E-state index contributed by atoms with van der Waals surface area (Å²) in [5.41, 5.74) is 8.46. The zero-order valence-electron chi connectivity index (χ0n) is 16.3. The first-order chi connectivity index (χ1) is 13.1. The second kappa shape index (κ2) is 12.1. The molecule has 4 N–H and O–H groups in total. The van der Waals surface area contributed by atoms with Crippen LogP contribution in [0.25, 0.3) is 0 Å². The monoisotopic (exact) mass is 498 g/mol. The Hall–Kier alpha value is -2.49. The Bertz CT molecular complexity index is 812. The van der Waals surface area contributed by atoms with Crippen LogP contribution in [-0.2, 0) is 13.1 Å². The Morgan fingerprint density at radius 2 is 1.79 bits per heavy atom. The van der Waals surface area contributed by atoms with E-state index in [0.29, 0.717) is 42.7 Å². The molecule has 0 aromatic heterocycles. The summed E-state index contributed by atoms with van der Waals surface area (Å²) in [7, 11) is 3.20. The largest absolute Gasteiger partial charge is 0.493 e. The fourth-order valence-electron chi connectivity index (χ4n) is 2.49. The third-order valence-electron chi connectivity index (χ3n) is 3.88. The van der Waals surface area contributed by atoms with Gasteiger partial charge in [0.15, 0.2) is 17.5 Å². The molecular formula is C20H27IN4O3. The Morgan fingerprint density at radius 1 is 1.04 bits per heavy atom. The maximum atomic E-state index is 11.9. The van der Waals surface area contributed by atoms with E-state index in [0.717, 1.165) is 11.1 Å². The van der Waals surface area contributed by atoms with Gasteiger partial charge in [-0.3, -0.25) is 4.79 Å². The van der Waals surface area contributed by atoms with E-state index >= 15 is 0 Å². The summed E-state index contributed by atoms with van der Waals surface area (Å²) in [5.74, 6) is 1.57. The van der Waals surface area contributed by atoms with E-state index in [1.807, 2.05) is 43.3 Å². The van der Waals surface area contributed by atoms with Crippen LogP contribution in [0.1, 0.15) is 28.4 Å². The highest BCUT2D eigenvalue weighted by Crippen LogP contribution is 2.27. The molecule has 0 aliphatic heterocycles. The summed E-state index contributed by atoms with van der Waals surface area (Å²) < 4.78 is 10.5. The quantitative estimate of drug-likeness (QED) is 0.296. The number of methoxy groups -OCH3 is 2. The van der Waals surface area contributed by atoms with Gasteiger partial charge in [-0.1, -0.05) is 18.2 Å². The number of rotatable bonds is 8. The molecule has 0 spiro atoms. The first-order valence-electron chi connectivity index (χ1n) is 8.69. The molecule has 2 aromatic carbocycles. The van der Waals surface area contributed by atoms with Crippen molar-refractivity contribution < 1.29 is 14.3 Å². The second-order valence-corrected chi connectivity index (χ2v) is 5.80. The van der Waals surface area contributed by atoms with Crippen molar-refractivity contribution in [2.45, 2.75) is 20.0 Å². The van der Waals surface area contributed by atoms with Crippen molar-refractivity contribution in [1.82, 2.24) is 10.6 Å². The lowest BCUT2D eigenvalue weighted by molar-refractivity contribution is 0.0955. The van der Waals surface area contributed by atoms with Crippen LogP contribution in [0.3, 0.4) is 0 Å². The topological polar surface area (TPSA) is 98.0 Å². The van der Waals surface area contributed by atoms with E-state index in [1.165, 1.54) is 0 Å². The van der Waals surface area contributed by atoms with Gasteiger partial charge in [0.1, 0.15) is 0 Å². The Labute approximate surface area is 182 Å². The van der Waals surface area contributed by atoms with Gasteiger partial charge in [0, 0.05) is 18.7 Å². The number of nitrogens with two attached hydrogens (primary N) is 1. The molecule has 0 aliphatic rings. The van der Waals surface area contributed by atoms with Crippen LogP contribution in [0.15, 0.2) is 47.5 Å². The van der Waals surface area contributed by atoms with Crippen LogP contribution in [0, 0.1) is 0 Å². The molecule has 2 aromatic rings. The number of nitrogens with one attached hydrogen (secondary N) is 2. The first kappa shape index (κ1) is 23.5. The number of amides is 1. The molecule has 0 saturated carbocycles. The van der Waals surface area contributed by atoms with Gasteiger partial charge in [0.05, 0.1) is 20.8 Å². The smallest absolute Gasteiger partial charge is 0.251 e. The number of carbonyl (C=O) groups excluding carboxylic acids is 1. The van der Waals surface area contributed by atoms with Gasteiger partial charge in [-0.25, -0.2) is 4.99 Å². The number of carbonyl (C=O) groups is 1. The molecule has 0 aliphatic carbocycles. The second-order valence-electron chi connectivity index (χ2n) is 5.80. The summed E-state index contributed by atoms with van der Waals surface area (Å²) >= 11 is 0. The number of aliphatic imine (C=N–C) groups is 1. The molecule has 0 atom stereocenters. The van der Waals surface area contributed by atoms with Crippen molar-refractivity contribution in [3.8, 4) is 11.5 Å². The molecule has 0 bridgehead atoms. The van der Waals surface area contributed by atoms with E-state index in [-0.39, 0.29) is 29.9 Å². The SMILES string of the molecule is CCNC(=O)c1cccc(CN=C(N)NCc2ccc(OC)c(OC)c2)c1.I. The Balaban J connectivity index is 0.00000392. The predicted molar refractivity (Wildman–Crippen MR) is 122 cm³/mol. The zero-order chi connectivity index (χ0) is 19.6. The fraction of sp³-hybridized carbons (Fsp3) is 0.300. The van der Waals surface area contributed by atoms with Crippen molar-refractivity contribution >= 4 is 35.8 Å². The van der Waals surface area contributed by atoms with Crippen LogP contribution in [0.5, 0.6) is 11.5 Å². The lowest BCUT2D eigenvalue weighted by atomic mass is 10.1. The van der Waals surface area contributed by atoms with E-state index in [9.17, 15) is 4.79 Å². The third-order valence-corrected chi connectivity index (χ3v) is 3.88. The first-order valence-corrected chi connectivity index (χ1v) is 8.69. The average molecular weight is 498 g/mol. The summed E-state index contributed by atoms with van der Waals surface area (Å²) in [6.07, 6.45) is 0. The minimum absolute atomic E-state index is 0. The minimum atomic E-state index is -0.0946. The van der Waals surface area contributed by atoms with Gasteiger partial charge in [-0.15, -0.1) is 24.0 Å². The van der Waals surface area contributed by atoms with E-state index in [4.69, 9.17) is 15.2 Å². The molecule has 2 rings (SSSR count). The van der Waals surface area contributed by atoms with Crippen molar-refractivity contribution in [2.75, 3.05) is 20.8 Å². The standard InChI is InChI=1S/C20H26N4O3.HI/c1-4-22-19(25)16-7-5-6-14(10-16)12-23-20(21)24-13-15-8-9-17(26-2)18(11-15)27-3;/h5-11H,4,12-13H2,1-3H3,(H,22,25)(H3,21,23,24);1H. The molecule has 0 saturated heterocycles. The average Bonchev–Trinajstić information content (AvgIpc) is 2.70. The van der Waals surface area contributed by atoms with Crippen LogP contribution >= 0.6 is 24.0 Å². The fourth-order valence-corrected chi connectivity index (χ4v) is 2.49. The maximum absolute atomic E-state index is 11.9. The van der Waals surface area contributed by atoms with Gasteiger partial charge in [-0.05, 0) is 42.3 Å². The van der Waals surface area contributed by atoms with Crippen LogP contribution in [0.2, 0.25) is 0 Å². The van der Waals surface area contributed by atoms with Crippen LogP contribution < -0.4 is 25.8 Å². The van der Waals surface area contributed by atoms with Crippen molar-refractivity contribution in [3.05, 3.63) is 59.2 Å². The van der Waals surface area contributed by atoms with Crippen LogP contribution in [0.4, 0.5) is 0 Å². The van der Waals surface area contributed by atoms with Gasteiger partial charge in [-0.2, -0.15) is 0 Å². The number of nitrogens with zero attached hydrogens (tertiary/aromatic N) is 1. The molecular weight excluding hydrogens is 471 g/mol. The molecule has 0 heterocycles. The Morgan fingerprint density at radius 3 is 2.46 bits per heavy atom. The normalized spacial score (nSPS) is 10.6. The molecule has 0 fully saturated rings. The van der Waals surface area contributed by atoms with Gasteiger partial charge >= 0.3 is 0 Å². The number of ether oxygens (including phenoxy) is 2. The summed E-state index contributed by atoms with van der Waals surface area (Å²) in [4.78, 5) is 16.2. The molecule has 28 heavy (non-hydrogen) atoms. The zero-order valence-corrected chi connectivity index (χ0v) is 18.7. The van der Waals surface area contributed by atoms with E-state index in [2.05, 4.69) is 15.6 Å². The molecule has 7 nitrogen and oxygen atoms in total. The molecule has 0 unspecified atom stereocenters. The summed E-state index contributed by atoms with van der Waals surface area (Å²) in [6, 6.07) is 13.0. The highest BCUT2D eigenvalue weighted by molar-refractivity contribution is 14.0. The van der Waals surface area contributed by atoms with Gasteiger partial charge < -0.3 is 25.8 Å². The van der Waals surface area contributed by atoms with Crippen LogP contribution in [-0.4, -0.2) is 32.6 Å². The van der Waals surface area contributed by atoms with E-state index in [1.54, 1.807) is 20.3 Å².